The van der Waals surface area contributed by atoms with E-state index in [0.717, 1.165) is 9.71 Å². The van der Waals surface area contributed by atoms with Gasteiger partial charge >= 0.3 is 0 Å². The van der Waals surface area contributed by atoms with Crippen molar-refractivity contribution in [2.75, 3.05) is 0 Å². The summed E-state index contributed by atoms with van der Waals surface area (Å²) in [6.45, 7) is 4.51. The van der Waals surface area contributed by atoms with E-state index < -0.39 is 0 Å². The predicted molar refractivity (Wildman–Crippen MR) is 98.5 cm³/mol. The molecule has 0 fully saturated rings. The Morgan fingerprint density at radius 1 is 1.29 bits per heavy atom. The number of hydrogen-bond acceptors (Lipinski definition) is 5. The summed E-state index contributed by atoms with van der Waals surface area (Å²) in [5.41, 5.74) is -0.0901. The molecule has 24 heavy (non-hydrogen) atoms. The van der Waals surface area contributed by atoms with Gasteiger partial charge in [-0.2, -0.15) is 0 Å². The molecule has 3 rings (SSSR count). The fourth-order valence-corrected chi connectivity index (χ4v) is 4.23. The van der Waals surface area contributed by atoms with Crippen LogP contribution in [-0.4, -0.2) is 15.5 Å². The first kappa shape index (κ1) is 16.9. The molecule has 1 unspecified atom stereocenters. The Kier molecular flexibility index (Phi) is 5.11. The molecule has 0 aliphatic heterocycles. The summed E-state index contributed by atoms with van der Waals surface area (Å²) in [5, 5.41) is 7.55. The molecule has 7 heteroatoms. The van der Waals surface area contributed by atoms with E-state index in [1.165, 1.54) is 22.2 Å². The summed E-state index contributed by atoms with van der Waals surface area (Å²) in [7, 11) is 0. The Morgan fingerprint density at radius 2 is 2.12 bits per heavy atom. The number of hydrogen-bond donors (Lipinski definition) is 1. The van der Waals surface area contributed by atoms with Gasteiger partial charge in [-0.1, -0.05) is 19.9 Å². The fraction of sp³-hybridized carbons (Fsp3) is 0.353. The molecule has 1 N–H and O–H groups in total. The minimum Gasteiger partial charge on any atom is -0.348 e. The van der Waals surface area contributed by atoms with Gasteiger partial charge in [0.1, 0.15) is 4.83 Å². The first-order valence-electron chi connectivity index (χ1n) is 7.81. The van der Waals surface area contributed by atoms with Gasteiger partial charge in [0.2, 0.25) is 5.91 Å². The van der Waals surface area contributed by atoms with Crippen molar-refractivity contribution in [1.29, 1.82) is 0 Å². The van der Waals surface area contributed by atoms with Gasteiger partial charge < -0.3 is 5.32 Å². The van der Waals surface area contributed by atoms with Crippen molar-refractivity contribution < 1.29 is 4.79 Å². The Bertz CT molecular complexity index is 881. The lowest BCUT2D eigenvalue weighted by Gasteiger charge is -2.21. The quantitative estimate of drug-likeness (QED) is 0.732. The van der Waals surface area contributed by atoms with Crippen LogP contribution in [0, 0.1) is 5.92 Å². The highest BCUT2D eigenvalue weighted by atomic mass is 32.1. The molecular weight excluding hydrogens is 342 g/mol. The van der Waals surface area contributed by atoms with Gasteiger partial charge in [0.15, 0.2) is 0 Å². The minimum atomic E-state index is -0.0901. The Balaban J connectivity index is 1.66. The van der Waals surface area contributed by atoms with Gasteiger partial charge in [-0.05, 0) is 28.8 Å². The van der Waals surface area contributed by atoms with Crippen molar-refractivity contribution in [2.45, 2.75) is 32.9 Å². The SMILES string of the molecule is CC(C)C(NC(=O)CCn1cnc2sccc2c1=O)c1cccs1. The molecule has 0 aromatic carbocycles. The molecule has 0 saturated carbocycles. The molecule has 126 valence electrons. The first-order valence-corrected chi connectivity index (χ1v) is 9.57. The largest absolute Gasteiger partial charge is 0.348 e. The molecular formula is C17H19N3O2S2. The number of carbonyl (C=O) groups is 1. The number of amides is 1. The van der Waals surface area contributed by atoms with Crippen LogP contribution in [0.2, 0.25) is 0 Å². The monoisotopic (exact) mass is 361 g/mol. The molecule has 1 atom stereocenters. The lowest BCUT2D eigenvalue weighted by molar-refractivity contribution is -0.122. The standard InChI is InChI=1S/C17H19N3O2S2/c1-11(2)15(13-4-3-8-23-13)19-14(21)5-7-20-10-18-16-12(17(20)22)6-9-24-16/h3-4,6,8-11,15H,5,7H2,1-2H3,(H,19,21). The molecule has 3 heterocycles. The molecule has 0 spiro atoms. The average Bonchev–Trinajstić information content (AvgIpc) is 3.23. The van der Waals surface area contributed by atoms with E-state index in [0.29, 0.717) is 17.8 Å². The topological polar surface area (TPSA) is 64.0 Å². The highest BCUT2D eigenvalue weighted by Gasteiger charge is 2.19. The van der Waals surface area contributed by atoms with Crippen LogP contribution in [0.15, 0.2) is 40.1 Å². The number of nitrogens with one attached hydrogen (secondary N) is 1. The van der Waals surface area contributed by atoms with Crippen molar-refractivity contribution >= 4 is 38.8 Å². The van der Waals surface area contributed by atoms with E-state index in [9.17, 15) is 9.59 Å². The van der Waals surface area contributed by atoms with Crippen LogP contribution in [0.5, 0.6) is 0 Å². The van der Waals surface area contributed by atoms with Crippen molar-refractivity contribution in [3.8, 4) is 0 Å². The Labute approximate surface area is 148 Å². The zero-order chi connectivity index (χ0) is 17.1. The number of aromatic nitrogens is 2. The highest BCUT2D eigenvalue weighted by molar-refractivity contribution is 7.16. The van der Waals surface area contributed by atoms with Crippen LogP contribution in [0.25, 0.3) is 10.2 Å². The number of carbonyl (C=O) groups excluding carboxylic acids is 1. The molecule has 0 aliphatic rings. The number of thiophene rings is 2. The minimum absolute atomic E-state index is 0.00620. The van der Waals surface area contributed by atoms with E-state index in [1.807, 2.05) is 22.9 Å². The third kappa shape index (κ3) is 3.57. The first-order chi connectivity index (χ1) is 11.6. The zero-order valence-corrected chi connectivity index (χ0v) is 15.2. The Morgan fingerprint density at radius 3 is 2.83 bits per heavy atom. The van der Waals surface area contributed by atoms with E-state index in [2.05, 4.69) is 24.1 Å². The predicted octanol–water partition coefficient (Wildman–Crippen LogP) is 3.42. The third-order valence-electron chi connectivity index (χ3n) is 3.86. The molecule has 5 nitrogen and oxygen atoms in total. The number of rotatable bonds is 6. The summed E-state index contributed by atoms with van der Waals surface area (Å²) in [5.74, 6) is 0.249. The van der Waals surface area contributed by atoms with Crippen molar-refractivity contribution in [2.24, 2.45) is 5.92 Å². The van der Waals surface area contributed by atoms with Crippen molar-refractivity contribution in [3.63, 3.8) is 0 Å². The van der Waals surface area contributed by atoms with E-state index >= 15 is 0 Å². The van der Waals surface area contributed by atoms with E-state index in [4.69, 9.17) is 0 Å². The maximum atomic E-state index is 12.3. The summed E-state index contributed by atoms with van der Waals surface area (Å²) in [6, 6.07) is 5.81. The summed E-state index contributed by atoms with van der Waals surface area (Å²) < 4.78 is 1.50. The lowest BCUT2D eigenvalue weighted by Crippen LogP contribution is -2.32. The summed E-state index contributed by atoms with van der Waals surface area (Å²) >= 11 is 3.08. The van der Waals surface area contributed by atoms with Crippen LogP contribution in [0.4, 0.5) is 0 Å². The normalized spacial score (nSPS) is 12.6. The van der Waals surface area contributed by atoms with Gasteiger partial charge in [0.25, 0.3) is 5.56 Å². The van der Waals surface area contributed by atoms with Crippen LogP contribution in [-0.2, 0) is 11.3 Å². The van der Waals surface area contributed by atoms with Gasteiger partial charge in [-0.3, -0.25) is 14.2 Å². The molecule has 0 bridgehead atoms. The fourth-order valence-electron chi connectivity index (χ4n) is 2.55. The van der Waals surface area contributed by atoms with E-state index in [-0.39, 0.29) is 23.9 Å². The van der Waals surface area contributed by atoms with Crippen molar-refractivity contribution in [1.82, 2.24) is 14.9 Å². The zero-order valence-electron chi connectivity index (χ0n) is 13.6. The second-order valence-corrected chi connectivity index (χ2v) is 7.81. The van der Waals surface area contributed by atoms with Crippen LogP contribution < -0.4 is 10.9 Å². The summed E-state index contributed by atoms with van der Waals surface area (Å²) in [4.78, 5) is 30.8. The summed E-state index contributed by atoms with van der Waals surface area (Å²) in [6.07, 6.45) is 1.78. The maximum Gasteiger partial charge on any atom is 0.262 e. The second-order valence-electron chi connectivity index (χ2n) is 5.94. The van der Waals surface area contributed by atoms with Crippen molar-refractivity contribution in [3.05, 3.63) is 50.5 Å². The maximum absolute atomic E-state index is 12.3. The molecule has 3 aromatic rings. The number of aryl methyl sites for hydroxylation is 1. The van der Waals surface area contributed by atoms with E-state index in [1.54, 1.807) is 17.4 Å². The van der Waals surface area contributed by atoms with Gasteiger partial charge in [-0.25, -0.2) is 4.98 Å². The molecule has 1 amide bonds. The molecule has 0 radical (unpaired) electrons. The smallest absolute Gasteiger partial charge is 0.262 e. The second kappa shape index (κ2) is 7.27. The lowest BCUT2D eigenvalue weighted by atomic mass is 10.0. The number of nitrogens with zero attached hydrogens (tertiary/aromatic N) is 2. The Hall–Kier alpha value is -1.99. The third-order valence-corrected chi connectivity index (χ3v) is 5.64. The van der Waals surface area contributed by atoms with Gasteiger partial charge in [-0.15, -0.1) is 22.7 Å². The number of fused-ring (bicyclic) bond motifs is 1. The van der Waals surface area contributed by atoms with Crippen LogP contribution >= 0.6 is 22.7 Å². The van der Waals surface area contributed by atoms with Gasteiger partial charge in [0, 0.05) is 17.8 Å². The van der Waals surface area contributed by atoms with Gasteiger partial charge in [0.05, 0.1) is 17.8 Å². The average molecular weight is 361 g/mol. The van der Waals surface area contributed by atoms with Crippen LogP contribution in [0.1, 0.15) is 31.2 Å². The molecule has 0 saturated heterocycles. The van der Waals surface area contributed by atoms with Crippen LogP contribution in [0.3, 0.4) is 0 Å². The molecule has 3 aromatic heterocycles. The highest BCUT2D eigenvalue weighted by Crippen LogP contribution is 2.25. The molecule has 0 aliphatic carbocycles.